The van der Waals surface area contributed by atoms with E-state index in [-0.39, 0.29) is 0 Å². The van der Waals surface area contributed by atoms with Crippen molar-refractivity contribution in [3.63, 3.8) is 0 Å². The molecule has 0 aliphatic rings. The molecule has 0 N–H and O–H groups in total. The second kappa shape index (κ2) is 5.34. The summed E-state index contributed by atoms with van der Waals surface area (Å²) < 4.78 is 49.7. The molecule has 0 nitrogen and oxygen atoms in total. The summed E-state index contributed by atoms with van der Waals surface area (Å²) >= 11 is 5.41. The van der Waals surface area contributed by atoms with Crippen molar-refractivity contribution in [1.82, 2.24) is 0 Å². The molecule has 0 aliphatic carbocycles. The van der Waals surface area contributed by atoms with E-state index in [0.29, 0.717) is 17.9 Å². The molecule has 0 amide bonds. The fraction of sp³-hybridized carbons (Fsp3) is 0.273. The van der Waals surface area contributed by atoms with Crippen LogP contribution >= 0.6 is 11.6 Å². The summed E-state index contributed by atoms with van der Waals surface area (Å²) in [5, 5.41) is 0. The molecule has 1 aromatic rings. The Balaban J connectivity index is 2.91. The van der Waals surface area contributed by atoms with E-state index in [1.165, 1.54) is 12.1 Å². The Kier molecular flexibility index (Phi) is 4.35. The molecule has 0 radical (unpaired) electrons. The molecule has 0 saturated heterocycles. The van der Waals surface area contributed by atoms with E-state index in [2.05, 4.69) is 0 Å². The zero-order chi connectivity index (χ0) is 12.2. The maximum atomic E-state index is 13.1. The molecular formula is C11H9ClF4. The van der Waals surface area contributed by atoms with Gasteiger partial charge in [0.2, 0.25) is 0 Å². The van der Waals surface area contributed by atoms with E-state index >= 15 is 0 Å². The summed E-state index contributed by atoms with van der Waals surface area (Å²) in [6, 6.07) is 2.81. The molecule has 5 heteroatoms. The smallest absolute Gasteiger partial charge is 0.206 e. The zero-order valence-electron chi connectivity index (χ0n) is 8.19. The Labute approximate surface area is 95.5 Å². The van der Waals surface area contributed by atoms with Gasteiger partial charge in [0.15, 0.2) is 0 Å². The van der Waals surface area contributed by atoms with Gasteiger partial charge in [0.05, 0.1) is 5.56 Å². The van der Waals surface area contributed by atoms with Gasteiger partial charge in [0, 0.05) is 5.88 Å². The van der Waals surface area contributed by atoms with Crippen molar-refractivity contribution in [2.75, 3.05) is 5.88 Å². The summed E-state index contributed by atoms with van der Waals surface area (Å²) in [7, 11) is 0. The topological polar surface area (TPSA) is 0 Å². The molecule has 0 bridgehead atoms. The molecule has 0 aromatic heterocycles. The van der Waals surface area contributed by atoms with E-state index in [1.54, 1.807) is 6.08 Å². The van der Waals surface area contributed by atoms with Gasteiger partial charge in [0.1, 0.15) is 5.82 Å². The summed E-state index contributed by atoms with van der Waals surface area (Å²) in [5.74, 6) is -0.847. The molecule has 0 atom stereocenters. The van der Waals surface area contributed by atoms with E-state index in [9.17, 15) is 17.6 Å². The summed E-state index contributed by atoms with van der Waals surface area (Å²) in [5.41, 5.74) is -0.863. The minimum absolute atomic E-state index is 0.385. The number of benzene rings is 1. The molecule has 0 saturated carbocycles. The Morgan fingerprint density at radius 1 is 1.25 bits per heavy atom. The predicted octanol–water partition coefficient (Wildman–Crippen LogP) is 4.49. The monoisotopic (exact) mass is 252 g/mol. The highest BCUT2D eigenvalue weighted by molar-refractivity contribution is 6.17. The van der Waals surface area contributed by atoms with Crippen LogP contribution in [-0.4, -0.2) is 5.88 Å². The van der Waals surface area contributed by atoms with Crippen molar-refractivity contribution in [1.29, 1.82) is 0 Å². The van der Waals surface area contributed by atoms with Crippen molar-refractivity contribution in [2.45, 2.75) is 12.6 Å². The Bertz CT molecular complexity index is 382. The molecule has 1 rings (SSSR count). The first-order valence-corrected chi connectivity index (χ1v) is 5.08. The maximum Gasteiger partial charge on any atom is 0.419 e. The molecule has 0 heterocycles. The first-order valence-electron chi connectivity index (χ1n) is 4.54. The summed E-state index contributed by atoms with van der Waals surface area (Å²) in [6.07, 6.45) is -0.854. The van der Waals surface area contributed by atoms with Gasteiger partial charge in [0.25, 0.3) is 0 Å². The number of hydrogen-bond donors (Lipinski definition) is 0. The average Bonchev–Trinajstić information content (AvgIpc) is 2.16. The van der Waals surface area contributed by atoms with E-state index < -0.39 is 17.6 Å². The van der Waals surface area contributed by atoms with Crippen molar-refractivity contribution in [3.8, 4) is 0 Å². The third-order valence-electron chi connectivity index (χ3n) is 1.88. The normalized spacial score (nSPS) is 12.3. The minimum atomic E-state index is -4.65. The second-order valence-electron chi connectivity index (χ2n) is 3.12. The lowest BCUT2D eigenvalue weighted by atomic mass is 10.1. The molecule has 1 aromatic carbocycles. The lowest BCUT2D eigenvalue weighted by Gasteiger charge is -2.07. The van der Waals surface area contributed by atoms with Gasteiger partial charge in [-0.3, -0.25) is 0 Å². The highest BCUT2D eigenvalue weighted by Crippen LogP contribution is 2.31. The Hall–Kier alpha value is -1.03. The van der Waals surface area contributed by atoms with Gasteiger partial charge in [-0.25, -0.2) is 4.39 Å². The highest BCUT2D eigenvalue weighted by atomic mass is 35.5. The van der Waals surface area contributed by atoms with Crippen LogP contribution in [0.3, 0.4) is 0 Å². The molecule has 16 heavy (non-hydrogen) atoms. The van der Waals surface area contributed by atoms with Crippen molar-refractivity contribution in [3.05, 3.63) is 41.2 Å². The maximum absolute atomic E-state index is 13.1. The van der Waals surface area contributed by atoms with Crippen LogP contribution in [0.2, 0.25) is 0 Å². The van der Waals surface area contributed by atoms with E-state index in [4.69, 9.17) is 11.6 Å². The second-order valence-corrected chi connectivity index (χ2v) is 3.50. The third kappa shape index (κ3) is 3.52. The van der Waals surface area contributed by atoms with Crippen LogP contribution in [0.5, 0.6) is 0 Å². The van der Waals surface area contributed by atoms with Gasteiger partial charge in [-0.1, -0.05) is 18.2 Å². The number of hydrogen-bond acceptors (Lipinski definition) is 0. The van der Waals surface area contributed by atoms with Gasteiger partial charge in [-0.05, 0) is 24.1 Å². The first-order chi connectivity index (χ1) is 7.45. The van der Waals surface area contributed by atoms with Crippen molar-refractivity contribution >= 4 is 17.7 Å². The summed E-state index contributed by atoms with van der Waals surface area (Å²) in [4.78, 5) is 0. The average molecular weight is 253 g/mol. The fourth-order valence-electron chi connectivity index (χ4n) is 1.15. The van der Waals surface area contributed by atoms with Crippen LogP contribution in [0.25, 0.3) is 6.08 Å². The number of alkyl halides is 4. The SMILES string of the molecule is Fc1cc(C=CCCCl)ccc1C(F)(F)F. The highest BCUT2D eigenvalue weighted by Gasteiger charge is 2.33. The van der Waals surface area contributed by atoms with Crippen molar-refractivity contribution in [2.24, 2.45) is 0 Å². The molecule has 0 fully saturated rings. The zero-order valence-corrected chi connectivity index (χ0v) is 8.95. The van der Waals surface area contributed by atoms with Crippen molar-refractivity contribution < 1.29 is 17.6 Å². The van der Waals surface area contributed by atoms with Gasteiger partial charge in [-0.15, -0.1) is 11.6 Å². The number of halogens is 5. The number of rotatable bonds is 3. The van der Waals surface area contributed by atoms with E-state index in [1.807, 2.05) is 0 Å². The van der Waals surface area contributed by atoms with Gasteiger partial charge >= 0.3 is 6.18 Å². The lowest BCUT2D eigenvalue weighted by molar-refractivity contribution is -0.140. The largest absolute Gasteiger partial charge is 0.419 e. The first kappa shape index (κ1) is 13.0. The molecular weight excluding hydrogens is 244 g/mol. The lowest BCUT2D eigenvalue weighted by Crippen LogP contribution is -2.07. The Morgan fingerprint density at radius 3 is 2.44 bits per heavy atom. The van der Waals surface area contributed by atoms with Gasteiger partial charge < -0.3 is 0 Å². The standard InChI is InChI=1S/C11H9ClF4/c12-6-2-1-3-8-4-5-9(10(13)7-8)11(14,15)16/h1,3-5,7H,2,6H2. The molecule has 0 aliphatic heterocycles. The molecule has 0 spiro atoms. The van der Waals surface area contributed by atoms with Crippen LogP contribution in [0.1, 0.15) is 17.5 Å². The van der Waals surface area contributed by atoms with Crippen LogP contribution in [0.4, 0.5) is 17.6 Å². The van der Waals surface area contributed by atoms with Gasteiger partial charge in [-0.2, -0.15) is 13.2 Å². The van der Waals surface area contributed by atoms with Crippen LogP contribution in [0.15, 0.2) is 24.3 Å². The quantitative estimate of drug-likeness (QED) is 0.549. The van der Waals surface area contributed by atoms with Crippen LogP contribution in [-0.2, 0) is 6.18 Å². The van der Waals surface area contributed by atoms with E-state index in [0.717, 1.165) is 12.1 Å². The van der Waals surface area contributed by atoms with Crippen LogP contribution < -0.4 is 0 Å². The third-order valence-corrected chi connectivity index (χ3v) is 2.10. The molecule has 0 unspecified atom stereocenters. The van der Waals surface area contributed by atoms with Crippen LogP contribution in [0, 0.1) is 5.82 Å². The Morgan fingerprint density at radius 2 is 1.94 bits per heavy atom. The minimum Gasteiger partial charge on any atom is -0.206 e. The summed E-state index contributed by atoms with van der Waals surface area (Å²) in [6.45, 7) is 0. The number of allylic oxidation sites excluding steroid dienone is 1. The fourth-order valence-corrected chi connectivity index (χ4v) is 1.27. The predicted molar refractivity (Wildman–Crippen MR) is 55.8 cm³/mol. The molecule has 88 valence electrons.